The summed E-state index contributed by atoms with van der Waals surface area (Å²) >= 11 is 11.4. The summed E-state index contributed by atoms with van der Waals surface area (Å²) in [6, 6.07) is 6.14. The first kappa shape index (κ1) is 34.5. The van der Waals surface area contributed by atoms with Gasteiger partial charge >= 0.3 is 5.97 Å². The van der Waals surface area contributed by atoms with Gasteiger partial charge in [0.2, 0.25) is 11.8 Å². The van der Waals surface area contributed by atoms with Gasteiger partial charge in [-0.2, -0.15) is 0 Å². The molecule has 11 nitrogen and oxygen atoms in total. The van der Waals surface area contributed by atoms with Crippen molar-refractivity contribution in [3.63, 3.8) is 0 Å². The third-order valence-electron chi connectivity index (χ3n) is 5.75. The number of carbonyl (C=O) groups is 4. The van der Waals surface area contributed by atoms with E-state index >= 15 is 0 Å². The number of benzene rings is 1. The average molecular weight is 599 g/mol. The maximum Gasteiger partial charge on any atom is 0.328 e. The molecule has 0 saturated carbocycles. The Bertz CT molecular complexity index is 1210. The van der Waals surface area contributed by atoms with Crippen molar-refractivity contribution in [3.05, 3.63) is 57.5 Å². The number of aromatic nitrogens is 1. The highest BCUT2D eigenvalue weighted by atomic mass is 35.5. The fourth-order valence-electron chi connectivity index (χ4n) is 3.68. The van der Waals surface area contributed by atoms with E-state index in [-0.39, 0.29) is 40.6 Å². The van der Waals surface area contributed by atoms with Crippen LogP contribution >= 0.6 is 23.2 Å². The smallest absolute Gasteiger partial charge is 0.328 e. The van der Waals surface area contributed by atoms with Gasteiger partial charge in [0.25, 0.3) is 11.5 Å². The predicted molar refractivity (Wildman–Crippen MR) is 156 cm³/mol. The Morgan fingerprint density at radius 2 is 1.88 bits per heavy atom. The summed E-state index contributed by atoms with van der Waals surface area (Å²) in [6.07, 6.45) is 3.27. The predicted octanol–water partition coefficient (Wildman–Crippen LogP) is 3.58. The molecule has 3 amide bonds. The van der Waals surface area contributed by atoms with E-state index in [2.05, 4.69) is 5.32 Å². The van der Waals surface area contributed by atoms with Crippen LogP contribution in [-0.2, 0) is 19.1 Å². The molecule has 40 heavy (non-hydrogen) atoms. The molecule has 1 aromatic heterocycles. The van der Waals surface area contributed by atoms with Crippen LogP contribution in [0, 0.1) is 0 Å². The first-order valence-electron chi connectivity index (χ1n) is 12.9. The molecule has 2 heterocycles. The number of pyridine rings is 1. The van der Waals surface area contributed by atoms with Gasteiger partial charge in [0, 0.05) is 30.6 Å². The lowest BCUT2D eigenvalue weighted by molar-refractivity contribution is -0.152. The molecule has 1 saturated heterocycles. The molecule has 1 aliphatic rings. The van der Waals surface area contributed by atoms with Gasteiger partial charge in [-0.1, -0.05) is 25.4 Å². The average Bonchev–Trinajstić information content (AvgIpc) is 3.43. The third-order valence-corrected chi connectivity index (χ3v) is 6.27. The zero-order chi connectivity index (χ0) is 30.4. The number of nitrogens with one attached hydrogen (secondary N) is 1. The summed E-state index contributed by atoms with van der Waals surface area (Å²) in [5.74, 6) is -1.22. The molecule has 2 atom stereocenters. The van der Waals surface area contributed by atoms with E-state index in [1.165, 1.54) is 43.5 Å². The van der Waals surface area contributed by atoms with Gasteiger partial charge in [0.15, 0.2) is 0 Å². The number of primary amides is 1. The standard InChI is InChI=1S/C15H15ClN4O3.C10H16ClNO3.C2H6/c1-8(13(18)21)20-6-2-3-12(15(20)23)19-14(22)9-4-5-11(17)10(16)7-9;1-2-15-10(14)8-4-3-7-12(8)9(13)5-6-11;1-2/h2-8H,17H2,1H3,(H2,18,21)(H,19,22);8H,2-7H2,1H3;1-2H3. The fraction of sp³-hybridized carbons (Fsp3) is 0.444. The number of carbonyl (C=O) groups excluding carboxylic acids is 4. The zero-order valence-electron chi connectivity index (χ0n) is 23.1. The minimum atomic E-state index is -0.828. The number of hydrogen-bond donors (Lipinski definition) is 3. The molecule has 2 unspecified atom stereocenters. The Labute approximate surface area is 243 Å². The fourth-order valence-corrected chi connectivity index (χ4v) is 4.03. The largest absolute Gasteiger partial charge is 0.464 e. The molecule has 2 aromatic rings. The van der Waals surface area contributed by atoms with Crippen molar-refractivity contribution in [3.8, 4) is 0 Å². The topological polar surface area (TPSA) is 167 Å². The second kappa shape index (κ2) is 17.2. The molecule has 0 spiro atoms. The lowest BCUT2D eigenvalue weighted by Gasteiger charge is -2.22. The van der Waals surface area contributed by atoms with Gasteiger partial charge in [-0.15, -0.1) is 11.6 Å². The van der Waals surface area contributed by atoms with Crippen LogP contribution in [0.4, 0.5) is 11.4 Å². The highest BCUT2D eigenvalue weighted by Crippen LogP contribution is 2.21. The molecule has 13 heteroatoms. The minimum Gasteiger partial charge on any atom is -0.464 e. The van der Waals surface area contributed by atoms with Crippen LogP contribution < -0.4 is 22.3 Å². The minimum absolute atomic E-state index is 0.0264. The molecule has 220 valence electrons. The van der Waals surface area contributed by atoms with Crippen molar-refractivity contribution in [2.24, 2.45) is 5.73 Å². The lowest BCUT2D eigenvalue weighted by atomic mass is 10.2. The van der Waals surface area contributed by atoms with Gasteiger partial charge in [-0.3, -0.25) is 19.2 Å². The highest BCUT2D eigenvalue weighted by molar-refractivity contribution is 6.33. The maximum atomic E-state index is 12.3. The van der Waals surface area contributed by atoms with E-state index in [1.807, 2.05) is 13.8 Å². The molecular formula is C27H37Cl2N5O6. The number of likely N-dealkylation sites (tertiary alicyclic amines) is 1. The van der Waals surface area contributed by atoms with Crippen LogP contribution in [0.15, 0.2) is 41.3 Å². The highest BCUT2D eigenvalue weighted by Gasteiger charge is 2.34. The van der Waals surface area contributed by atoms with Crippen molar-refractivity contribution >= 4 is 58.3 Å². The molecule has 1 aromatic carbocycles. The number of nitrogens with zero attached hydrogens (tertiary/aromatic N) is 2. The van der Waals surface area contributed by atoms with Crippen molar-refractivity contribution < 1.29 is 23.9 Å². The molecule has 1 aliphatic heterocycles. The van der Waals surface area contributed by atoms with Crippen LogP contribution in [0.1, 0.15) is 63.4 Å². The summed E-state index contributed by atoms with van der Waals surface area (Å²) in [5, 5.41) is 2.72. The number of hydrogen-bond acceptors (Lipinski definition) is 7. The van der Waals surface area contributed by atoms with Crippen LogP contribution in [0.3, 0.4) is 0 Å². The van der Waals surface area contributed by atoms with E-state index in [0.29, 0.717) is 31.1 Å². The van der Waals surface area contributed by atoms with Crippen LogP contribution in [0.25, 0.3) is 0 Å². The summed E-state index contributed by atoms with van der Waals surface area (Å²) in [6.45, 7) is 8.25. The van der Waals surface area contributed by atoms with E-state index in [4.69, 9.17) is 39.4 Å². The number of halogens is 2. The maximum absolute atomic E-state index is 12.3. The van der Waals surface area contributed by atoms with Crippen LogP contribution in [0.5, 0.6) is 0 Å². The van der Waals surface area contributed by atoms with Crippen LogP contribution in [-0.4, -0.2) is 58.2 Å². The van der Waals surface area contributed by atoms with Crippen molar-refractivity contribution in [1.82, 2.24) is 9.47 Å². The Hall–Kier alpha value is -3.57. The molecule has 0 radical (unpaired) electrons. The molecule has 0 bridgehead atoms. The van der Waals surface area contributed by atoms with Crippen molar-refractivity contribution in [1.29, 1.82) is 0 Å². The Morgan fingerprint density at radius 1 is 1.20 bits per heavy atom. The monoisotopic (exact) mass is 597 g/mol. The Kier molecular flexibility index (Phi) is 14.8. The van der Waals surface area contributed by atoms with Gasteiger partial charge < -0.3 is 31.0 Å². The van der Waals surface area contributed by atoms with E-state index in [0.717, 1.165) is 11.0 Å². The van der Waals surface area contributed by atoms with Gasteiger partial charge in [-0.05, 0) is 57.0 Å². The first-order chi connectivity index (χ1) is 19.0. The van der Waals surface area contributed by atoms with Gasteiger partial charge in [0.05, 0.1) is 17.3 Å². The number of anilines is 2. The van der Waals surface area contributed by atoms with Crippen molar-refractivity contribution in [2.45, 2.75) is 59.0 Å². The van der Waals surface area contributed by atoms with E-state index < -0.39 is 23.4 Å². The van der Waals surface area contributed by atoms with Gasteiger partial charge in [0.1, 0.15) is 17.8 Å². The second-order valence-corrected chi connectivity index (χ2v) is 9.12. The number of amides is 3. The summed E-state index contributed by atoms with van der Waals surface area (Å²) in [7, 11) is 0. The second-order valence-electron chi connectivity index (χ2n) is 8.34. The third kappa shape index (κ3) is 9.56. The number of esters is 1. The number of rotatable bonds is 8. The Balaban J connectivity index is 0.000000408. The summed E-state index contributed by atoms with van der Waals surface area (Å²) < 4.78 is 6.07. The molecule has 5 N–H and O–H groups in total. The number of alkyl halides is 1. The van der Waals surface area contributed by atoms with E-state index in [9.17, 15) is 24.0 Å². The Morgan fingerprint density at radius 3 is 2.45 bits per heavy atom. The summed E-state index contributed by atoms with van der Waals surface area (Å²) in [4.78, 5) is 60.4. The van der Waals surface area contributed by atoms with Crippen LogP contribution in [0.2, 0.25) is 5.02 Å². The number of nitrogen functional groups attached to an aromatic ring is 1. The zero-order valence-corrected chi connectivity index (χ0v) is 24.6. The molecule has 3 rings (SSSR count). The summed E-state index contributed by atoms with van der Waals surface area (Å²) in [5.41, 5.74) is 10.9. The van der Waals surface area contributed by atoms with Crippen molar-refractivity contribution in [2.75, 3.05) is 30.1 Å². The normalized spacial score (nSPS) is 14.6. The quantitative estimate of drug-likeness (QED) is 0.237. The first-order valence-corrected chi connectivity index (χ1v) is 13.8. The SMILES string of the molecule is CC.CC(C(N)=O)n1cccc(NC(=O)c2ccc(N)c(Cl)c2)c1=O.CCOC(=O)C1CCCN1C(=O)CCCl. The number of ether oxygens (including phenoxy) is 1. The lowest BCUT2D eigenvalue weighted by Crippen LogP contribution is -2.41. The molecule has 1 fully saturated rings. The van der Waals surface area contributed by atoms with Gasteiger partial charge in [-0.25, -0.2) is 4.79 Å². The molecular weight excluding hydrogens is 561 g/mol. The molecule has 0 aliphatic carbocycles. The van der Waals surface area contributed by atoms with E-state index in [1.54, 1.807) is 11.8 Å². The number of nitrogens with two attached hydrogens (primary N) is 2.